The maximum absolute atomic E-state index is 5.93. The molecule has 2 rings (SSSR count). The van der Waals surface area contributed by atoms with E-state index in [1.54, 1.807) is 0 Å². The Morgan fingerprint density at radius 2 is 1.86 bits per heavy atom. The van der Waals surface area contributed by atoms with Crippen molar-refractivity contribution in [2.75, 3.05) is 5.73 Å². The van der Waals surface area contributed by atoms with E-state index < -0.39 is 0 Å². The fraction of sp³-hybridized carbons (Fsp3) is 0.688. The van der Waals surface area contributed by atoms with Crippen LogP contribution in [0.1, 0.15) is 65.6 Å². The van der Waals surface area contributed by atoms with Crippen molar-refractivity contribution in [2.45, 2.75) is 66.8 Å². The lowest BCUT2D eigenvalue weighted by molar-refractivity contribution is 0.382. The maximum Gasteiger partial charge on any atom is 0.163 e. The van der Waals surface area contributed by atoms with Crippen molar-refractivity contribution in [3.63, 3.8) is 0 Å². The van der Waals surface area contributed by atoms with Gasteiger partial charge in [-0.05, 0) is 32.1 Å². The summed E-state index contributed by atoms with van der Waals surface area (Å²) in [7, 11) is 0. The molecule has 118 valence electrons. The van der Waals surface area contributed by atoms with Gasteiger partial charge in [-0.2, -0.15) is 5.10 Å². The van der Waals surface area contributed by atoms with Gasteiger partial charge in [-0.3, -0.25) is 0 Å². The molecule has 21 heavy (non-hydrogen) atoms. The molecule has 0 radical (unpaired) electrons. The Morgan fingerprint density at radius 1 is 1.19 bits per heavy atom. The van der Waals surface area contributed by atoms with Crippen molar-refractivity contribution in [3.05, 3.63) is 12.0 Å². The van der Waals surface area contributed by atoms with Gasteiger partial charge in [0.05, 0.1) is 17.1 Å². The fourth-order valence-corrected chi connectivity index (χ4v) is 2.45. The van der Waals surface area contributed by atoms with Gasteiger partial charge in [-0.15, -0.1) is 0 Å². The lowest BCUT2D eigenvalue weighted by Crippen LogP contribution is -2.11. The molecule has 0 saturated carbocycles. The second-order valence-electron chi connectivity index (χ2n) is 5.52. The monoisotopic (exact) mass is 291 g/mol. The summed E-state index contributed by atoms with van der Waals surface area (Å²) in [6, 6.07) is 0.382. The topological polar surface area (TPSA) is 69.6 Å². The second-order valence-corrected chi connectivity index (χ2v) is 5.52. The first-order valence-electron chi connectivity index (χ1n) is 7.99. The summed E-state index contributed by atoms with van der Waals surface area (Å²) in [6.45, 7) is 12.7. The van der Waals surface area contributed by atoms with Crippen LogP contribution in [0.25, 0.3) is 11.0 Å². The van der Waals surface area contributed by atoms with Gasteiger partial charge in [0.25, 0.3) is 0 Å². The molecule has 0 aliphatic heterocycles. The van der Waals surface area contributed by atoms with E-state index in [0.29, 0.717) is 17.8 Å². The Labute approximate surface area is 128 Å². The molecule has 0 aliphatic rings. The van der Waals surface area contributed by atoms with Crippen LogP contribution in [0.4, 0.5) is 5.82 Å². The average Bonchev–Trinajstić information content (AvgIpc) is 2.80. The van der Waals surface area contributed by atoms with Gasteiger partial charge in [0.2, 0.25) is 0 Å². The van der Waals surface area contributed by atoms with Crippen molar-refractivity contribution in [2.24, 2.45) is 5.92 Å². The molecule has 1 unspecified atom stereocenters. The zero-order valence-electron chi connectivity index (χ0n) is 14.2. The first kappa shape index (κ1) is 17.4. The molecule has 0 aromatic carbocycles. The van der Waals surface area contributed by atoms with Crippen molar-refractivity contribution in [3.8, 4) is 0 Å². The largest absolute Gasteiger partial charge is 0.383 e. The molecule has 5 heteroatoms. The SMILES string of the molecule is CC.CCC(CCC(C)C)n1nc(C)c2c(N)ncnc21. The maximum atomic E-state index is 5.93. The number of nitrogens with two attached hydrogens (primary N) is 1. The highest BCUT2D eigenvalue weighted by Gasteiger charge is 2.18. The Bertz CT molecular complexity index is 559. The molecule has 5 nitrogen and oxygen atoms in total. The van der Waals surface area contributed by atoms with Gasteiger partial charge in [-0.25, -0.2) is 14.6 Å². The number of rotatable bonds is 5. The van der Waals surface area contributed by atoms with E-state index in [4.69, 9.17) is 5.73 Å². The first-order chi connectivity index (χ1) is 10.0. The number of nitrogens with zero attached hydrogens (tertiary/aromatic N) is 4. The van der Waals surface area contributed by atoms with E-state index in [1.807, 2.05) is 25.5 Å². The molecule has 0 spiro atoms. The lowest BCUT2D eigenvalue weighted by Gasteiger charge is -2.17. The number of aryl methyl sites for hydroxylation is 1. The zero-order valence-corrected chi connectivity index (χ0v) is 14.2. The van der Waals surface area contributed by atoms with Gasteiger partial charge in [-0.1, -0.05) is 34.6 Å². The predicted octanol–water partition coefficient (Wildman–Crippen LogP) is 4.13. The normalized spacial score (nSPS) is 12.3. The zero-order chi connectivity index (χ0) is 16.0. The summed E-state index contributed by atoms with van der Waals surface area (Å²) in [5.74, 6) is 1.23. The fourth-order valence-electron chi connectivity index (χ4n) is 2.45. The van der Waals surface area contributed by atoms with Gasteiger partial charge in [0, 0.05) is 0 Å². The second kappa shape index (κ2) is 7.96. The van der Waals surface area contributed by atoms with E-state index in [0.717, 1.165) is 29.6 Å². The summed E-state index contributed by atoms with van der Waals surface area (Å²) in [6.07, 6.45) is 4.88. The van der Waals surface area contributed by atoms with Gasteiger partial charge >= 0.3 is 0 Å². The molecule has 0 amide bonds. The van der Waals surface area contributed by atoms with E-state index in [-0.39, 0.29) is 0 Å². The summed E-state index contributed by atoms with van der Waals surface area (Å²) >= 11 is 0. The molecule has 0 saturated heterocycles. The summed E-state index contributed by atoms with van der Waals surface area (Å²) < 4.78 is 2.03. The molecule has 2 heterocycles. The van der Waals surface area contributed by atoms with Crippen LogP contribution in [0.3, 0.4) is 0 Å². The summed E-state index contributed by atoms with van der Waals surface area (Å²) in [5, 5.41) is 5.53. The van der Waals surface area contributed by atoms with Crippen LogP contribution in [0.2, 0.25) is 0 Å². The third kappa shape index (κ3) is 3.93. The van der Waals surface area contributed by atoms with Crippen LogP contribution < -0.4 is 5.73 Å². The molecule has 2 N–H and O–H groups in total. The Kier molecular flexibility index (Phi) is 6.59. The highest BCUT2D eigenvalue weighted by molar-refractivity contribution is 5.87. The van der Waals surface area contributed by atoms with E-state index in [2.05, 4.69) is 35.8 Å². The van der Waals surface area contributed by atoms with E-state index in [1.165, 1.54) is 12.7 Å². The third-order valence-electron chi connectivity index (χ3n) is 3.59. The van der Waals surface area contributed by atoms with Crippen molar-refractivity contribution >= 4 is 16.9 Å². The van der Waals surface area contributed by atoms with Gasteiger partial charge < -0.3 is 5.73 Å². The van der Waals surface area contributed by atoms with Crippen molar-refractivity contribution in [1.29, 1.82) is 0 Å². The number of fused-ring (bicyclic) bond motifs is 1. The van der Waals surface area contributed by atoms with Gasteiger partial charge in [0.1, 0.15) is 12.1 Å². The molecule has 0 fully saturated rings. The van der Waals surface area contributed by atoms with Gasteiger partial charge in [0.15, 0.2) is 5.65 Å². The standard InChI is InChI=1S/C14H23N5.C2H6/c1-5-11(7-6-9(2)3)19-14-12(10(4)18-19)13(15)16-8-17-14;1-2/h8-9,11H,5-7H2,1-4H3,(H2,15,16,17);1-2H3. The van der Waals surface area contributed by atoms with Crippen LogP contribution in [0, 0.1) is 12.8 Å². The minimum Gasteiger partial charge on any atom is -0.383 e. The van der Waals surface area contributed by atoms with Crippen LogP contribution >= 0.6 is 0 Å². The number of anilines is 1. The molecule has 1 atom stereocenters. The van der Waals surface area contributed by atoms with Crippen LogP contribution in [0.5, 0.6) is 0 Å². The molecule has 0 aliphatic carbocycles. The molecule has 2 aromatic heterocycles. The molecule has 2 aromatic rings. The summed E-state index contributed by atoms with van der Waals surface area (Å²) in [4.78, 5) is 8.42. The average molecular weight is 291 g/mol. The minimum absolute atomic E-state index is 0.382. The quantitative estimate of drug-likeness (QED) is 0.899. The smallest absolute Gasteiger partial charge is 0.163 e. The number of hydrogen-bond donors (Lipinski definition) is 1. The first-order valence-corrected chi connectivity index (χ1v) is 7.99. The van der Waals surface area contributed by atoms with Crippen LogP contribution in [-0.4, -0.2) is 19.7 Å². The Hall–Kier alpha value is -1.65. The Balaban J connectivity index is 0.00000106. The number of aromatic nitrogens is 4. The van der Waals surface area contributed by atoms with E-state index >= 15 is 0 Å². The highest BCUT2D eigenvalue weighted by atomic mass is 15.3. The van der Waals surface area contributed by atoms with Crippen LogP contribution in [0.15, 0.2) is 6.33 Å². The molecule has 0 bridgehead atoms. The number of nitrogen functional groups attached to an aromatic ring is 1. The molecular formula is C16H29N5. The number of hydrogen-bond acceptors (Lipinski definition) is 4. The Morgan fingerprint density at radius 3 is 2.43 bits per heavy atom. The van der Waals surface area contributed by atoms with E-state index in [9.17, 15) is 0 Å². The molecular weight excluding hydrogens is 262 g/mol. The van der Waals surface area contributed by atoms with Crippen molar-refractivity contribution < 1.29 is 0 Å². The lowest BCUT2D eigenvalue weighted by atomic mass is 10.0. The third-order valence-corrected chi connectivity index (χ3v) is 3.59. The van der Waals surface area contributed by atoms with Crippen LogP contribution in [-0.2, 0) is 0 Å². The van der Waals surface area contributed by atoms with Crippen molar-refractivity contribution in [1.82, 2.24) is 19.7 Å². The minimum atomic E-state index is 0.382. The summed E-state index contributed by atoms with van der Waals surface area (Å²) in [5.41, 5.74) is 7.70. The highest BCUT2D eigenvalue weighted by Crippen LogP contribution is 2.27. The predicted molar refractivity (Wildman–Crippen MR) is 89.2 cm³/mol.